The van der Waals surface area contributed by atoms with Crippen molar-refractivity contribution >= 4 is 27.7 Å². The van der Waals surface area contributed by atoms with Crippen LogP contribution in [0.1, 0.15) is 45.1 Å². The molecule has 1 saturated carbocycles. The van der Waals surface area contributed by atoms with Crippen LogP contribution in [0.5, 0.6) is 17.4 Å². The van der Waals surface area contributed by atoms with Gasteiger partial charge in [-0.3, -0.25) is 4.99 Å². The van der Waals surface area contributed by atoms with Gasteiger partial charge in [-0.05, 0) is 42.5 Å². The number of rotatable bonds is 3. The molecule has 0 radical (unpaired) electrons. The van der Waals surface area contributed by atoms with Crippen LogP contribution in [0.15, 0.2) is 59.6 Å². The van der Waals surface area contributed by atoms with Gasteiger partial charge in [0.1, 0.15) is 17.0 Å². The van der Waals surface area contributed by atoms with Gasteiger partial charge in [-0.15, -0.1) is 11.8 Å². The fourth-order valence-electron chi connectivity index (χ4n) is 4.54. The van der Waals surface area contributed by atoms with E-state index in [0.29, 0.717) is 22.7 Å². The number of pyridine rings is 1. The molecular weight excluding hydrogens is 392 g/mol. The molecule has 0 unspecified atom stereocenters. The van der Waals surface area contributed by atoms with Crippen LogP contribution in [0, 0.1) is 5.41 Å². The highest BCUT2D eigenvalue weighted by atomic mass is 32.2. The molecule has 154 valence electrons. The fraction of sp³-hybridized carbons (Fsp3) is 0.360. The van der Waals surface area contributed by atoms with Gasteiger partial charge < -0.3 is 9.84 Å². The van der Waals surface area contributed by atoms with Gasteiger partial charge >= 0.3 is 0 Å². The first kappa shape index (κ1) is 19.4. The van der Waals surface area contributed by atoms with E-state index in [9.17, 15) is 5.11 Å². The number of hydrogen-bond acceptors (Lipinski definition) is 5. The Morgan fingerprint density at radius 3 is 2.83 bits per heavy atom. The van der Waals surface area contributed by atoms with Crippen LogP contribution in [0.3, 0.4) is 0 Å². The number of phenolic OH excluding ortho intramolecular Hbond substituents is 1. The van der Waals surface area contributed by atoms with Crippen molar-refractivity contribution in [2.75, 3.05) is 0 Å². The van der Waals surface area contributed by atoms with Crippen LogP contribution in [-0.2, 0) is 0 Å². The molecule has 5 rings (SSSR count). The minimum Gasteiger partial charge on any atom is -0.506 e. The van der Waals surface area contributed by atoms with E-state index in [1.165, 1.54) is 25.7 Å². The number of aliphatic imine (C=N–C) groups is 1. The lowest BCUT2D eigenvalue weighted by Crippen LogP contribution is -2.32. The number of hydrogen-bond donors (Lipinski definition) is 1. The van der Waals surface area contributed by atoms with Gasteiger partial charge in [-0.25, -0.2) is 4.98 Å². The molecule has 0 spiro atoms. The van der Waals surface area contributed by atoms with E-state index < -0.39 is 0 Å². The number of para-hydroxylation sites is 1. The van der Waals surface area contributed by atoms with Crippen molar-refractivity contribution in [2.45, 2.75) is 50.8 Å². The zero-order valence-corrected chi connectivity index (χ0v) is 18.2. The maximum Gasteiger partial charge on any atom is 0.219 e. The lowest BCUT2D eigenvalue weighted by molar-refractivity contribution is 0.275. The number of ether oxygens (including phenoxy) is 1. The molecule has 4 nitrogen and oxygen atoms in total. The SMILES string of the molecule is CC1(C)CCCC[C@@H]2SC(c3cccc(Oc4ccc5cccc(O)c5n4)c3)=N[C@H]21. The Labute approximate surface area is 181 Å². The molecule has 3 aromatic rings. The summed E-state index contributed by atoms with van der Waals surface area (Å²) in [6, 6.07) is 17.6. The number of phenols is 1. The summed E-state index contributed by atoms with van der Waals surface area (Å²) in [6.07, 6.45) is 5.09. The molecule has 0 bridgehead atoms. The summed E-state index contributed by atoms with van der Waals surface area (Å²) in [7, 11) is 0. The van der Waals surface area contributed by atoms with E-state index in [1.807, 2.05) is 54.2 Å². The quantitative estimate of drug-likeness (QED) is 0.523. The Morgan fingerprint density at radius 2 is 1.93 bits per heavy atom. The second-order valence-corrected chi connectivity index (χ2v) is 10.1. The Morgan fingerprint density at radius 1 is 1.07 bits per heavy atom. The van der Waals surface area contributed by atoms with Gasteiger partial charge in [0.05, 0.1) is 11.1 Å². The Hall–Kier alpha value is -2.53. The summed E-state index contributed by atoms with van der Waals surface area (Å²) in [5.41, 5.74) is 1.90. The maximum absolute atomic E-state index is 10.1. The molecule has 2 atom stereocenters. The van der Waals surface area contributed by atoms with Crippen LogP contribution in [0.2, 0.25) is 0 Å². The largest absolute Gasteiger partial charge is 0.506 e. The summed E-state index contributed by atoms with van der Waals surface area (Å²) in [5, 5.41) is 12.7. The monoisotopic (exact) mass is 418 g/mol. The average molecular weight is 419 g/mol. The molecule has 2 heterocycles. The van der Waals surface area contributed by atoms with E-state index in [1.54, 1.807) is 6.07 Å². The van der Waals surface area contributed by atoms with Crippen LogP contribution >= 0.6 is 11.8 Å². The highest BCUT2D eigenvalue weighted by molar-refractivity contribution is 8.15. The van der Waals surface area contributed by atoms with Crippen molar-refractivity contribution in [3.05, 3.63) is 60.2 Å². The predicted molar refractivity (Wildman–Crippen MR) is 124 cm³/mol. The molecule has 1 aliphatic carbocycles. The molecule has 2 aromatic carbocycles. The third-order valence-corrected chi connectivity index (χ3v) is 7.57. The second kappa shape index (κ2) is 7.62. The van der Waals surface area contributed by atoms with E-state index in [2.05, 4.69) is 24.9 Å². The number of fused-ring (bicyclic) bond motifs is 2. The molecular formula is C25H26N2O2S. The molecule has 1 aliphatic heterocycles. The Kier molecular flexibility index (Phi) is 4.94. The number of benzene rings is 2. The zero-order chi connectivity index (χ0) is 20.7. The topological polar surface area (TPSA) is 54.7 Å². The van der Waals surface area contributed by atoms with Crippen molar-refractivity contribution in [3.8, 4) is 17.4 Å². The summed E-state index contributed by atoms with van der Waals surface area (Å²) in [6.45, 7) is 4.73. The van der Waals surface area contributed by atoms with Gasteiger partial charge in [-0.2, -0.15) is 0 Å². The van der Waals surface area contributed by atoms with Crippen molar-refractivity contribution in [3.63, 3.8) is 0 Å². The number of thioether (sulfide) groups is 1. The Bertz CT molecular complexity index is 1130. The summed E-state index contributed by atoms with van der Waals surface area (Å²) in [5.74, 6) is 1.35. The van der Waals surface area contributed by atoms with E-state index in [-0.39, 0.29) is 11.2 Å². The van der Waals surface area contributed by atoms with Gasteiger partial charge in [0.25, 0.3) is 0 Å². The van der Waals surface area contributed by atoms with Crippen molar-refractivity contribution in [1.29, 1.82) is 0 Å². The summed E-state index contributed by atoms with van der Waals surface area (Å²) in [4.78, 5) is 9.65. The smallest absolute Gasteiger partial charge is 0.219 e. The normalized spacial score (nSPS) is 22.9. The van der Waals surface area contributed by atoms with Crippen LogP contribution in [0.4, 0.5) is 0 Å². The molecule has 0 amide bonds. The molecule has 30 heavy (non-hydrogen) atoms. The maximum atomic E-state index is 10.1. The highest BCUT2D eigenvalue weighted by Gasteiger charge is 2.42. The van der Waals surface area contributed by atoms with E-state index in [4.69, 9.17) is 9.73 Å². The van der Waals surface area contributed by atoms with Gasteiger partial charge in [0.15, 0.2) is 0 Å². The van der Waals surface area contributed by atoms with E-state index in [0.717, 1.165) is 21.7 Å². The van der Waals surface area contributed by atoms with Crippen LogP contribution in [0.25, 0.3) is 10.9 Å². The second-order valence-electron chi connectivity index (χ2n) is 8.90. The molecule has 2 aliphatic rings. The third kappa shape index (κ3) is 3.67. The van der Waals surface area contributed by atoms with E-state index >= 15 is 0 Å². The molecule has 1 aromatic heterocycles. The highest BCUT2D eigenvalue weighted by Crippen LogP contribution is 2.46. The molecule has 0 saturated heterocycles. The van der Waals surface area contributed by atoms with Gasteiger partial charge in [0, 0.05) is 22.3 Å². The predicted octanol–water partition coefficient (Wildman–Crippen LogP) is 6.56. The minimum atomic E-state index is 0.157. The van der Waals surface area contributed by atoms with Crippen molar-refractivity contribution < 1.29 is 9.84 Å². The van der Waals surface area contributed by atoms with Crippen LogP contribution in [-0.4, -0.2) is 26.4 Å². The fourth-order valence-corrected chi connectivity index (χ4v) is 6.11. The van der Waals surface area contributed by atoms with Crippen molar-refractivity contribution in [2.24, 2.45) is 10.4 Å². The number of nitrogens with zero attached hydrogens (tertiary/aromatic N) is 2. The summed E-state index contributed by atoms with van der Waals surface area (Å²) >= 11 is 1.93. The molecule has 1 N–H and O–H groups in total. The lowest BCUT2D eigenvalue weighted by atomic mass is 9.80. The minimum absolute atomic E-state index is 0.157. The van der Waals surface area contributed by atoms with Gasteiger partial charge in [0.2, 0.25) is 5.88 Å². The Balaban J connectivity index is 1.41. The van der Waals surface area contributed by atoms with Crippen molar-refractivity contribution in [1.82, 2.24) is 4.98 Å². The zero-order valence-electron chi connectivity index (χ0n) is 17.3. The number of aromatic hydroxyl groups is 1. The molecule has 5 heteroatoms. The number of aromatic nitrogens is 1. The molecule has 1 fully saturated rings. The first-order valence-corrected chi connectivity index (χ1v) is 11.5. The van der Waals surface area contributed by atoms with Gasteiger partial charge in [-0.1, -0.05) is 51.0 Å². The average Bonchev–Trinajstić information content (AvgIpc) is 3.12. The first-order valence-electron chi connectivity index (χ1n) is 10.6. The standard InChI is InChI=1S/C25H26N2O2S/c1-25(2)14-4-3-11-20-23(25)27-24(30-20)17-8-5-9-18(15-17)29-21-13-12-16-7-6-10-19(28)22(16)26-21/h5-10,12-13,15,20,23,28H,3-4,11,14H2,1-2H3/t20-,23+/m0/s1. The van der Waals surface area contributed by atoms with Crippen LogP contribution < -0.4 is 4.74 Å². The summed E-state index contributed by atoms with van der Waals surface area (Å²) < 4.78 is 6.03. The first-order chi connectivity index (χ1) is 14.5. The lowest BCUT2D eigenvalue weighted by Gasteiger charge is -2.30. The third-order valence-electron chi connectivity index (χ3n) is 6.21.